The molecule has 4 N–H and O–H groups in total. The van der Waals surface area contributed by atoms with E-state index in [9.17, 15) is 8.42 Å². The Kier molecular flexibility index (Phi) is 6.69. The highest BCUT2D eigenvalue weighted by molar-refractivity contribution is 7.90. The van der Waals surface area contributed by atoms with Crippen molar-refractivity contribution >= 4 is 27.3 Å². The number of anilines is 1. The molecule has 10 nitrogen and oxygen atoms in total. The fourth-order valence-electron chi connectivity index (χ4n) is 5.62. The number of imidazole rings is 1. The van der Waals surface area contributed by atoms with Crippen LogP contribution < -0.4 is 21.1 Å². The Labute approximate surface area is 233 Å². The minimum atomic E-state index is -3.43. The Hall–Kier alpha value is -2.93. The number of aromatic nitrogens is 2. The molecule has 206 valence electrons. The second kappa shape index (κ2) is 9.92. The number of hydrogen-bond donors (Lipinski definition) is 2. The molecular weight excluding hydrogens is 538 g/mol. The van der Waals surface area contributed by atoms with E-state index in [4.69, 9.17) is 27.8 Å². The summed E-state index contributed by atoms with van der Waals surface area (Å²) < 4.78 is 36.1. The van der Waals surface area contributed by atoms with Crippen molar-refractivity contribution in [2.24, 2.45) is 11.5 Å². The van der Waals surface area contributed by atoms with E-state index in [0.29, 0.717) is 30.3 Å². The van der Waals surface area contributed by atoms with Crippen LogP contribution in [0.25, 0.3) is 5.69 Å². The van der Waals surface area contributed by atoms with Crippen LogP contribution in [0.3, 0.4) is 0 Å². The lowest BCUT2D eigenvalue weighted by Gasteiger charge is -2.52. The number of likely N-dealkylation sites (N-methyl/N-ethyl adjacent to an activating group) is 1. The van der Waals surface area contributed by atoms with Crippen molar-refractivity contribution in [2.45, 2.75) is 36.5 Å². The molecule has 2 aromatic carbocycles. The second-order valence-electron chi connectivity index (χ2n) is 10.3. The number of nitrogens with zero attached hydrogens (tertiary/aromatic N) is 5. The predicted octanol–water partition coefficient (Wildman–Crippen LogP) is 2.66. The van der Waals surface area contributed by atoms with Gasteiger partial charge in [0, 0.05) is 42.7 Å². The lowest BCUT2D eigenvalue weighted by Crippen LogP contribution is -2.66. The van der Waals surface area contributed by atoms with Gasteiger partial charge in [-0.1, -0.05) is 41.9 Å². The first-order valence-electron chi connectivity index (χ1n) is 12.9. The van der Waals surface area contributed by atoms with Gasteiger partial charge in [-0.25, -0.2) is 13.4 Å². The quantitative estimate of drug-likeness (QED) is 0.464. The maximum atomic E-state index is 13.4. The zero-order valence-electron chi connectivity index (χ0n) is 21.8. The fraction of sp³-hybridized carbons (Fsp3) is 0.370. The minimum absolute atomic E-state index is 0.231. The van der Waals surface area contributed by atoms with Crippen LogP contribution >= 0.6 is 11.6 Å². The molecule has 1 saturated carbocycles. The maximum Gasteiger partial charge on any atom is 0.217 e. The fourth-order valence-corrected chi connectivity index (χ4v) is 7.60. The highest BCUT2D eigenvalue weighted by Crippen LogP contribution is 2.45. The first kappa shape index (κ1) is 26.3. The highest BCUT2D eigenvalue weighted by Gasteiger charge is 2.48. The van der Waals surface area contributed by atoms with E-state index >= 15 is 0 Å². The average Bonchev–Trinajstić information content (AvgIpc) is 3.73. The Morgan fingerprint density at radius 2 is 1.85 bits per heavy atom. The van der Waals surface area contributed by atoms with Gasteiger partial charge in [-0.15, -0.1) is 0 Å². The number of rotatable bonds is 6. The Morgan fingerprint density at radius 1 is 1.10 bits per heavy atom. The number of hydrogen-bond acceptors (Lipinski definition) is 8. The van der Waals surface area contributed by atoms with Crippen molar-refractivity contribution in [1.82, 2.24) is 18.8 Å². The summed E-state index contributed by atoms with van der Waals surface area (Å²) in [6.07, 6.45) is 3.62. The van der Waals surface area contributed by atoms with Gasteiger partial charge >= 0.3 is 0 Å². The van der Waals surface area contributed by atoms with Crippen LogP contribution in [-0.4, -0.2) is 72.1 Å². The predicted molar refractivity (Wildman–Crippen MR) is 151 cm³/mol. The van der Waals surface area contributed by atoms with E-state index in [1.54, 1.807) is 28.5 Å². The largest absolute Gasteiger partial charge is 0.494 e. The van der Waals surface area contributed by atoms with E-state index < -0.39 is 22.5 Å². The van der Waals surface area contributed by atoms with Crippen LogP contribution in [0.4, 0.5) is 5.69 Å². The van der Waals surface area contributed by atoms with Gasteiger partial charge in [-0.3, -0.25) is 10.6 Å². The van der Waals surface area contributed by atoms with Crippen molar-refractivity contribution in [3.63, 3.8) is 0 Å². The Balaban J connectivity index is 1.51. The van der Waals surface area contributed by atoms with Crippen LogP contribution in [0, 0.1) is 0 Å². The lowest BCUT2D eigenvalue weighted by atomic mass is 9.86. The van der Waals surface area contributed by atoms with Crippen LogP contribution in [0.2, 0.25) is 5.15 Å². The molecule has 0 bridgehead atoms. The van der Waals surface area contributed by atoms with Crippen LogP contribution in [0.5, 0.6) is 5.75 Å². The standard InChI is InChI=1S/C27H32ClN7O3S/c1-32-26(29)21-14-34(39(36,37)19-9-10-19)13-20(17-6-4-3-5-7-17)25(21)35(27(32)30)18-8-11-22(23(12-18)38-2)33-15-24(28)31-16-33/h3-8,11-12,15-16,19-20,26-27H,9-10,13-14,29-30H2,1-2H3. The van der Waals surface area contributed by atoms with Gasteiger partial charge in [0.05, 0.1) is 24.2 Å². The minimum Gasteiger partial charge on any atom is -0.494 e. The summed E-state index contributed by atoms with van der Waals surface area (Å²) in [6.45, 7) is 0.555. The smallest absolute Gasteiger partial charge is 0.217 e. The number of halogens is 1. The zero-order valence-corrected chi connectivity index (χ0v) is 23.4. The summed E-state index contributed by atoms with van der Waals surface area (Å²) in [4.78, 5) is 8.04. The second-order valence-corrected chi connectivity index (χ2v) is 12.9. The number of methoxy groups -OCH3 is 1. The molecule has 1 aliphatic carbocycles. The Morgan fingerprint density at radius 3 is 2.49 bits per heavy atom. The monoisotopic (exact) mass is 569 g/mol. The van der Waals surface area contributed by atoms with Gasteiger partial charge in [-0.05, 0) is 43.2 Å². The lowest BCUT2D eigenvalue weighted by molar-refractivity contribution is 0.167. The summed E-state index contributed by atoms with van der Waals surface area (Å²) >= 11 is 6.06. The van der Waals surface area contributed by atoms with Crippen molar-refractivity contribution in [2.75, 3.05) is 32.1 Å². The van der Waals surface area contributed by atoms with E-state index in [1.807, 2.05) is 60.5 Å². The molecule has 3 atom stereocenters. The summed E-state index contributed by atoms with van der Waals surface area (Å²) in [5, 5.41) is 0.0728. The number of ether oxygens (including phenoxy) is 1. The van der Waals surface area contributed by atoms with Crippen molar-refractivity contribution in [3.8, 4) is 11.4 Å². The topological polar surface area (TPSA) is 123 Å². The molecule has 6 rings (SSSR count). The Bertz CT molecular complexity index is 1520. The molecule has 3 aliphatic rings. The highest BCUT2D eigenvalue weighted by atomic mass is 35.5. The summed E-state index contributed by atoms with van der Waals surface area (Å²) in [7, 11) is 0.0414. The van der Waals surface area contributed by atoms with E-state index in [0.717, 1.165) is 28.2 Å². The molecule has 3 heterocycles. The molecule has 1 aromatic heterocycles. The molecule has 2 aliphatic heterocycles. The molecule has 1 fully saturated rings. The number of benzene rings is 2. The van der Waals surface area contributed by atoms with Gasteiger partial charge in [0.15, 0.2) is 0 Å². The summed E-state index contributed by atoms with van der Waals surface area (Å²) in [5.41, 5.74) is 18.0. The third-order valence-corrected chi connectivity index (χ3v) is 10.4. The van der Waals surface area contributed by atoms with Crippen molar-refractivity contribution in [3.05, 3.63) is 83.0 Å². The van der Waals surface area contributed by atoms with Gasteiger partial charge < -0.3 is 19.9 Å². The van der Waals surface area contributed by atoms with Gasteiger partial charge in [-0.2, -0.15) is 4.31 Å². The van der Waals surface area contributed by atoms with Crippen molar-refractivity contribution < 1.29 is 13.2 Å². The molecule has 12 heteroatoms. The van der Waals surface area contributed by atoms with Gasteiger partial charge in [0.2, 0.25) is 10.0 Å². The maximum absolute atomic E-state index is 13.4. The molecule has 3 unspecified atom stereocenters. The first-order chi connectivity index (χ1) is 18.7. The third-order valence-electron chi connectivity index (χ3n) is 7.91. The molecule has 0 radical (unpaired) electrons. The van der Waals surface area contributed by atoms with E-state index in [2.05, 4.69) is 9.88 Å². The number of sulfonamides is 1. The van der Waals surface area contributed by atoms with Gasteiger partial charge in [0.1, 0.15) is 23.5 Å². The summed E-state index contributed by atoms with van der Waals surface area (Å²) in [5.74, 6) is 0.353. The van der Waals surface area contributed by atoms with Gasteiger partial charge in [0.25, 0.3) is 0 Å². The molecular formula is C27H32ClN7O3S. The molecule has 0 saturated heterocycles. The van der Waals surface area contributed by atoms with Crippen LogP contribution in [0.15, 0.2) is 72.3 Å². The van der Waals surface area contributed by atoms with E-state index in [1.165, 1.54) is 0 Å². The molecule has 3 aromatic rings. The number of nitrogens with two attached hydrogens (primary N) is 2. The third kappa shape index (κ3) is 4.52. The normalized spacial score (nSPS) is 24.6. The average molecular weight is 570 g/mol. The molecule has 0 spiro atoms. The first-order valence-corrected chi connectivity index (χ1v) is 14.8. The SMILES string of the molecule is COc1cc(N2C3=C(CN(S(=O)(=O)C4CC4)CC3c3ccccc3)C(N)N(C)C2N)ccc1-n1cnc(Cl)c1. The molecule has 0 amide bonds. The van der Waals surface area contributed by atoms with Crippen molar-refractivity contribution in [1.29, 1.82) is 0 Å². The van der Waals surface area contributed by atoms with E-state index in [-0.39, 0.29) is 17.7 Å². The summed E-state index contributed by atoms with van der Waals surface area (Å²) in [6, 6.07) is 15.8. The van der Waals surface area contributed by atoms with Crippen LogP contribution in [-0.2, 0) is 10.0 Å². The zero-order chi connectivity index (χ0) is 27.5. The van der Waals surface area contributed by atoms with Crippen LogP contribution in [0.1, 0.15) is 24.3 Å². The molecule has 39 heavy (non-hydrogen) atoms.